The summed E-state index contributed by atoms with van der Waals surface area (Å²) < 4.78 is 34.2. The summed E-state index contributed by atoms with van der Waals surface area (Å²) in [6, 6.07) is 13.6. The molecule has 25 heavy (non-hydrogen) atoms. The highest BCUT2D eigenvalue weighted by Crippen LogP contribution is 2.31. The van der Waals surface area contributed by atoms with Crippen molar-refractivity contribution in [2.24, 2.45) is 0 Å². The molecule has 7 heteroatoms. The van der Waals surface area contributed by atoms with Crippen LogP contribution in [0.2, 0.25) is 0 Å². The monoisotopic (exact) mass is 350 g/mol. The van der Waals surface area contributed by atoms with Crippen LogP contribution in [-0.2, 0) is 0 Å². The average Bonchev–Trinajstić information content (AvgIpc) is 2.60. The summed E-state index contributed by atoms with van der Waals surface area (Å²) in [4.78, 5) is 12.0. The normalized spacial score (nSPS) is 11.7. The van der Waals surface area contributed by atoms with Crippen LogP contribution in [0.25, 0.3) is 0 Å². The summed E-state index contributed by atoms with van der Waals surface area (Å²) in [6.45, 7) is -0.547. The molecule has 0 aliphatic carbocycles. The molecule has 0 aliphatic rings. The first-order valence-electron chi connectivity index (χ1n) is 7.72. The highest BCUT2D eigenvalue weighted by molar-refractivity contribution is 5.89. The number of methoxy groups -OCH3 is 1. The molecule has 0 fully saturated rings. The third kappa shape index (κ3) is 5.63. The van der Waals surface area contributed by atoms with E-state index in [2.05, 4.69) is 15.4 Å². The molecular weight excluding hydrogens is 330 g/mol. The zero-order valence-electron chi connectivity index (χ0n) is 14.0. The number of nitrogens with one attached hydrogen (secondary N) is 2. The summed E-state index contributed by atoms with van der Waals surface area (Å²) in [5.74, 6) is 0.150. The number of alkyl halides is 2. The van der Waals surface area contributed by atoms with E-state index in [1.165, 1.54) is 25.3 Å². The van der Waals surface area contributed by atoms with Gasteiger partial charge in [0.15, 0.2) is 11.5 Å². The van der Waals surface area contributed by atoms with Crippen LogP contribution >= 0.6 is 0 Å². The number of carbonyl (C=O) groups is 1. The summed E-state index contributed by atoms with van der Waals surface area (Å²) >= 11 is 0. The van der Waals surface area contributed by atoms with Crippen molar-refractivity contribution in [2.45, 2.75) is 19.5 Å². The Hall–Kier alpha value is -2.83. The van der Waals surface area contributed by atoms with E-state index >= 15 is 0 Å². The van der Waals surface area contributed by atoms with E-state index in [0.717, 1.165) is 5.56 Å². The van der Waals surface area contributed by atoms with Crippen molar-refractivity contribution < 1.29 is 23.0 Å². The largest absolute Gasteiger partial charge is 0.493 e. The lowest BCUT2D eigenvalue weighted by molar-refractivity contribution is -0.0511. The first kappa shape index (κ1) is 18.5. The maximum absolute atomic E-state index is 12.4. The Labute approximate surface area is 144 Å². The minimum atomic E-state index is -2.98. The average molecular weight is 350 g/mol. The van der Waals surface area contributed by atoms with Gasteiger partial charge in [0.05, 0.1) is 7.11 Å². The number of halogens is 2. The smallest absolute Gasteiger partial charge is 0.387 e. The third-order valence-electron chi connectivity index (χ3n) is 3.57. The number of benzene rings is 2. The van der Waals surface area contributed by atoms with Crippen LogP contribution in [0.15, 0.2) is 48.5 Å². The fourth-order valence-corrected chi connectivity index (χ4v) is 2.26. The quantitative estimate of drug-likeness (QED) is 0.786. The second-order valence-electron chi connectivity index (χ2n) is 5.39. The SMILES string of the molecule is COc1ccc(NC(=O)NCC(C)c2ccccc2)cc1OC(F)F. The van der Waals surface area contributed by atoms with E-state index in [-0.39, 0.29) is 17.4 Å². The highest BCUT2D eigenvalue weighted by atomic mass is 19.3. The van der Waals surface area contributed by atoms with Crippen LogP contribution in [0.4, 0.5) is 19.3 Å². The molecule has 1 atom stereocenters. The Morgan fingerprint density at radius 3 is 2.48 bits per heavy atom. The van der Waals surface area contributed by atoms with E-state index in [4.69, 9.17) is 4.74 Å². The number of anilines is 1. The van der Waals surface area contributed by atoms with Gasteiger partial charge in [-0.25, -0.2) is 4.79 Å². The minimum Gasteiger partial charge on any atom is -0.493 e. The molecule has 5 nitrogen and oxygen atoms in total. The summed E-state index contributed by atoms with van der Waals surface area (Å²) in [5.41, 5.74) is 1.43. The lowest BCUT2D eigenvalue weighted by Crippen LogP contribution is -2.31. The van der Waals surface area contributed by atoms with Gasteiger partial charge in [-0.2, -0.15) is 8.78 Å². The molecule has 2 N–H and O–H groups in total. The molecule has 2 aromatic rings. The van der Waals surface area contributed by atoms with Gasteiger partial charge < -0.3 is 20.1 Å². The Bertz CT molecular complexity index is 696. The lowest BCUT2D eigenvalue weighted by Gasteiger charge is -2.15. The molecule has 0 saturated heterocycles. The molecule has 2 rings (SSSR count). The van der Waals surface area contributed by atoms with Gasteiger partial charge in [-0.15, -0.1) is 0 Å². The number of ether oxygens (including phenoxy) is 2. The number of hydrogen-bond acceptors (Lipinski definition) is 3. The van der Waals surface area contributed by atoms with E-state index in [9.17, 15) is 13.6 Å². The molecular formula is C18H20F2N2O3. The molecule has 0 aromatic heterocycles. The van der Waals surface area contributed by atoms with Gasteiger partial charge in [0.25, 0.3) is 0 Å². The summed E-state index contributed by atoms with van der Waals surface area (Å²) in [5, 5.41) is 5.33. The summed E-state index contributed by atoms with van der Waals surface area (Å²) in [6.07, 6.45) is 0. The van der Waals surface area contributed by atoms with Crippen molar-refractivity contribution in [3.05, 3.63) is 54.1 Å². The van der Waals surface area contributed by atoms with Crippen molar-refractivity contribution in [2.75, 3.05) is 19.0 Å². The molecule has 2 aromatic carbocycles. The van der Waals surface area contributed by atoms with Crippen LogP contribution in [-0.4, -0.2) is 26.3 Å². The lowest BCUT2D eigenvalue weighted by atomic mass is 10.0. The molecule has 0 radical (unpaired) electrons. The Balaban J connectivity index is 1.93. The third-order valence-corrected chi connectivity index (χ3v) is 3.57. The van der Waals surface area contributed by atoms with Gasteiger partial charge in [-0.05, 0) is 23.6 Å². The Morgan fingerprint density at radius 2 is 1.84 bits per heavy atom. The fraction of sp³-hybridized carbons (Fsp3) is 0.278. The van der Waals surface area contributed by atoms with Crippen molar-refractivity contribution >= 4 is 11.7 Å². The molecule has 0 heterocycles. The van der Waals surface area contributed by atoms with Crippen molar-refractivity contribution in [1.82, 2.24) is 5.32 Å². The molecule has 0 saturated carbocycles. The van der Waals surface area contributed by atoms with Crippen LogP contribution in [0.5, 0.6) is 11.5 Å². The maximum atomic E-state index is 12.4. The molecule has 2 amide bonds. The van der Waals surface area contributed by atoms with E-state index in [1.807, 2.05) is 37.3 Å². The zero-order chi connectivity index (χ0) is 18.2. The number of carbonyl (C=O) groups excluding carboxylic acids is 1. The number of amides is 2. The molecule has 0 spiro atoms. The molecule has 1 unspecified atom stereocenters. The Morgan fingerprint density at radius 1 is 1.12 bits per heavy atom. The first-order chi connectivity index (χ1) is 12.0. The van der Waals surface area contributed by atoms with Crippen LogP contribution in [0.3, 0.4) is 0 Å². The topological polar surface area (TPSA) is 59.6 Å². The van der Waals surface area contributed by atoms with Crippen molar-refractivity contribution in [3.63, 3.8) is 0 Å². The van der Waals surface area contributed by atoms with Crippen LogP contribution < -0.4 is 20.1 Å². The number of rotatable bonds is 7. The second-order valence-corrected chi connectivity index (χ2v) is 5.39. The van der Waals surface area contributed by atoms with Crippen LogP contribution in [0, 0.1) is 0 Å². The van der Waals surface area contributed by atoms with Gasteiger partial charge in [0.1, 0.15) is 0 Å². The van der Waals surface area contributed by atoms with Crippen molar-refractivity contribution in [3.8, 4) is 11.5 Å². The zero-order valence-corrected chi connectivity index (χ0v) is 14.0. The number of urea groups is 1. The van der Waals surface area contributed by atoms with E-state index in [1.54, 1.807) is 0 Å². The Kier molecular flexibility index (Phi) is 6.56. The molecule has 0 bridgehead atoms. The second kappa shape index (κ2) is 8.86. The fourth-order valence-electron chi connectivity index (χ4n) is 2.26. The van der Waals surface area contributed by atoms with Gasteiger partial charge in [-0.1, -0.05) is 37.3 Å². The molecule has 0 aliphatic heterocycles. The standard InChI is InChI=1S/C18H20F2N2O3/c1-12(13-6-4-3-5-7-13)11-21-18(23)22-14-8-9-15(24-2)16(10-14)25-17(19)20/h3-10,12,17H,11H2,1-2H3,(H2,21,22,23). The number of hydrogen-bond donors (Lipinski definition) is 2. The van der Waals surface area contributed by atoms with Gasteiger partial charge >= 0.3 is 12.6 Å². The van der Waals surface area contributed by atoms with Crippen molar-refractivity contribution in [1.29, 1.82) is 0 Å². The first-order valence-corrected chi connectivity index (χ1v) is 7.72. The van der Waals surface area contributed by atoms with E-state index in [0.29, 0.717) is 12.2 Å². The maximum Gasteiger partial charge on any atom is 0.387 e. The van der Waals surface area contributed by atoms with Gasteiger partial charge in [-0.3, -0.25) is 0 Å². The predicted octanol–water partition coefficient (Wildman–Crippen LogP) is 4.22. The van der Waals surface area contributed by atoms with Crippen LogP contribution in [0.1, 0.15) is 18.4 Å². The summed E-state index contributed by atoms with van der Waals surface area (Å²) in [7, 11) is 1.35. The molecule has 134 valence electrons. The minimum absolute atomic E-state index is 0.139. The van der Waals surface area contributed by atoms with Gasteiger partial charge in [0.2, 0.25) is 0 Å². The highest BCUT2D eigenvalue weighted by Gasteiger charge is 2.13. The predicted molar refractivity (Wildman–Crippen MR) is 91.5 cm³/mol. The van der Waals surface area contributed by atoms with Gasteiger partial charge in [0, 0.05) is 18.3 Å². The van der Waals surface area contributed by atoms with E-state index < -0.39 is 12.6 Å².